The molecule has 0 spiro atoms. The van der Waals surface area contributed by atoms with Crippen molar-refractivity contribution in [3.63, 3.8) is 0 Å². The zero-order chi connectivity index (χ0) is 14.4. The predicted molar refractivity (Wildman–Crippen MR) is 70.8 cm³/mol. The maximum Gasteiger partial charge on any atom is 0.241 e. The third-order valence-corrected chi connectivity index (χ3v) is 3.28. The fourth-order valence-corrected chi connectivity index (χ4v) is 2.36. The largest absolute Gasteiger partial charge is 0.368 e. The Balaban J connectivity index is 2.85. The number of nitrogens with one attached hydrogen (secondary N) is 1. The molecule has 0 aromatic rings. The van der Waals surface area contributed by atoms with Crippen LogP contribution in [0.4, 0.5) is 0 Å². The van der Waals surface area contributed by atoms with Crippen molar-refractivity contribution < 1.29 is 9.59 Å². The van der Waals surface area contributed by atoms with Crippen molar-refractivity contribution in [3.05, 3.63) is 0 Å². The van der Waals surface area contributed by atoms with E-state index >= 15 is 0 Å². The molecule has 0 radical (unpaired) electrons. The molecule has 0 bridgehead atoms. The van der Waals surface area contributed by atoms with Gasteiger partial charge in [-0.15, -0.1) is 0 Å². The Hall–Kier alpha value is -1.61. The van der Waals surface area contributed by atoms with Gasteiger partial charge in [-0.1, -0.05) is 13.8 Å². The third kappa shape index (κ3) is 4.21. The summed E-state index contributed by atoms with van der Waals surface area (Å²) in [5.41, 5.74) is 5.39. The Morgan fingerprint density at radius 1 is 1.53 bits per heavy atom. The fourth-order valence-electron chi connectivity index (χ4n) is 2.36. The van der Waals surface area contributed by atoms with Crippen LogP contribution < -0.4 is 11.1 Å². The van der Waals surface area contributed by atoms with Gasteiger partial charge in [0.15, 0.2) is 0 Å². The standard InChI is InChI=1S/C13H22N4O2/c1-9(2)8-11(12(15)18)17(7-5-14)13(19)10-4-3-6-16-10/h9-11,16H,3-4,6-8H2,1-2H3,(H2,15,18)/t10-,11-/m0/s1. The molecule has 1 aliphatic heterocycles. The Labute approximate surface area is 113 Å². The number of nitriles is 1. The average Bonchev–Trinajstić information content (AvgIpc) is 2.85. The summed E-state index contributed by atoms with van der Waals surface area (Å²) in [6.45, 7) is 4.61. The molecule has 0 saturated carbocycles. The lowest BCUT2D eigenvalue weighted by atomic mass is 10.0. The summed E-state index contributed by atoms with van der Waals surface area (Å²) in [5.74, 6) is -0.512. The van der Waals surface area contributed by atoms with Gasteiger partial charge in [0.05, 0.1) is 12.1 Å². The van der Waals surface area contributed by atoms with Crippen LogP contribution in [0.3, 0.4) is 0 Å². The minimum atomic E-state index is -0.699. The first-order chi connectivity index (χ1) is 8.97. The van der Waals surface area contributed by atoms with E-state index < -0.39 is 11.9 Å². The molecule has 0 aromatic heterocycles. The smallest absolute Gasteiger partial charge is 0.241 e. The quantitative estimate of drug-likeness (QED) is 0.660. The van der Waals surface area contributed by atoms with Crippen molar-refractivity contribution in [3.8, 4) is 6.07 Å². The van der Waals surface area contributed by atoms with Crippen LogP contribution in [0.1, 0.15) is 33.1 Å². The second-order valence-electron chi connectivity index (χ2n) is 5.32. The van der Waals surface area contributed by atoms with Crippen LogP contribution >= 0.6 is 0 Å². The van der Waals surface area contributed by atoms with Crippen molar-refractivity contribution in [2.45, 2.75) is 45.2 Å². The molecule has 1 saturated heterocycles. The Kier molecular flexibility index (Phi) is 5.77. The number of primary amides is 1. The molecule has 3 N–H and O–H groups in total. The van der Waals surface area contributed by atoms with Crippen LogP contribution in [-0.4, -0.2) is 41.9 Å². The molecule has 6 nitrogen and oxygen atoms in total. The van der Waals surface area contributed by atoms with Crippen molar-refractivity contribution in [2.75, 3.05) is 13.1 Å². The van der Waals surface area contributed by atoms with Gasteiger partial charge in [-0.25, -0.2) is 0 Å². The SMILES string of the molecule is CC(C)C[C@@H](C(N)=O)N(CC#N)C(=O)[C@@H]1CCCN1. The fraction of sp³-hybridized carbons (Fsp3) is 0.769. The number of amides is 2. The minimum Gasteiger partial charge on any atom is -0.368 e. The van der Waals surface area contributed by atoms with Crippen molar-refractivity contribution in [2.24, 2.45) is 11.7 Å². The van der Waals surface area contributed by atoms with E-state index in [4.69, 9.17) is 11.0 Å². The van der Waals surface area contributed by atoms with Crippen molar-refractivity contribution in [1.82, 2.24) is 10.2 Å². The first kappa shape index (κ1) is 15.4. The number of nitrogens with zero attached hydrogens (tertiary/aromatic N) is 2. The molecule has 1 aliphatic rings. The van der Waals surface area contributed by atoms with Gasteiger partial charge in [0.1, 0.15) is 12.6 Å². The van der Waals surface area contributed by atoms with E-state index in [0.717, 1.165) is 19.4 Å². The highest BCUT2D eigenvalue weighted by Gasteiger charge is 2.33. The molecule has 1 fully saturated rings. The molecule has 0 aliphatic carbocycles. The summed E-state index contributed by atoms with van der Waals surface area (Å²) < 4.78 is 0. The van der Waals surface area contributed by atoms with Gasteiger partial charge in [0.25, 0.3) is 0 Å². The van der Waals surface area contributed by atoms with Crippen LogP contribution in [0.25, 0.3) is 0 Å². The van der Waals surface area contributed by atoms with Gasteiger partial charge in [-0.3, -0.25) is 9.59 Å². The lowest BCUT2D eigenvalue weighted by Gasteiger charge is -2.30. The predicted octanol–water partition coefficient (Wildman–Crippen LogP) is -0.00942. The van der Waals surface area contributed by atoms with Crippen LogP contribution in [-0.2, 0) is 9.59 Å². The van der Waals surface area contributed by atoms with Crippen molar-refractivity contribution in [1.29, 1.82) is 5.26 Å². The van der Waals surface area contributed by atoms with Gasteiger partial charge in [0, 0.05) is 0 Å². The molecule has 6 heteroatoms. The molecule has 2 amide bonds. The van der Waals surface area contributed by atoms with Gasteiger partial charge in [-0.05, 0) is 31.7 Å². The molecule has 19 heavy (non-hydrogen) atoms. The van der Waals surface area contributed by atoms with Crippen molar-refractivity contribution >= 4 is 11.8 Å². The van der Waals surface area contributed by atoms with Crippen LogP contribution in [0.5, 0.6) is 0 Å². The van der Waals surface area contributed by atoms with E-state index in [1.807, 2.05) is 19.9 Å². The van der Waals surface area contributed by atoms with Gasteiger partial charge in [0.2, 0.25) is 11.8 Å². The van der Waals surface area contributed by atoms with Crippen LogP contribution in [0.15, 0.2) is 0 Å². The molecule has 0 unspecified atom stereocenters. The van der Waals surface area contributed by atoms with E-state index in [-0.39, 0.29) is 24.4 Å². The summed E-state index contributed by atoms with van der Waals surface area (Å²) in [4.78, 5) is 25.3. The number of carbonyl (C=O) groups is 2. The highest BCUT2D eigenvalue weighted by Crippen LogP contribution is 2.16. The second kappa shape index (κ2) is 7.10. The number of rotatable bonds is 6. The normalized spacial score (nSPS) is 20.0. The maximum atomic E-state index is 12.4. The molecular weight excluding hydrogens is 244 g/mol. The van der Waals surface area contributed by atoms with Gasteiger partial charge >= 0.3 is 0 Å². The Bertz CT molecular complexity index is 369. The zero-order valence-corrected chi connectivity index (χ0v) is 11.6. The first-order valence-corrected chi connectivity index (χ1v) is 6.67. The van der Waals surface area contributed by atoms with E-state index in [0.29, 0.717) is 6.42 Å². The maximum absolute atomic E-state index is 12.4. The van der Waals surface area contributed by atoms with E-state index in [9.17, 15) is 9.59 Å². The topological polar surface area (TPSA) is 99.2 Å². The monoisotopic (exact) mass is 266 g/mol. The third-order valence-electron chi connectivity index (χ3n) is 3.28. The van der Waals surface area contributed by atoms with E-state index in [2.05, 4.69) is 5.32 Å². The molecule has 1 heterocycles. The summed E-state index contributed by atoms with van der Waals surface area (Å²) in [6.07, 6.45) is 2.16. The molecule has 1 rings (SSSR count). The first-order valence-electron chi connectivity index (χ1n) is 6.67. The lowest BCUT2D eigenvalue weighted by molar-refractivity contribution is -0.140. The highest BCUT2D eigenvalue weighted by molar-refractivity contribution is 5.89. The number of nitrogens with two attached hydrogens (primary N) is 1. The summed E-state index contributed by atoms with van der Waals surface area (Å²) in [5, 5.41) is 12.0. The molecule has 0 aromatic carbocycles. The molecular formula is C13H22N4O2. The highest BCUT2D eigenvalue weighted by atomic mass is 16.2. The Morgan fingerprint density at radius 3 is 2.63 bits per heavy atom. The molecule has 106 valence electrons. The second-order valence-corrected chi connectivity index (χ2v) is 5.32. The molecule has 2 atom stereocenters. The number of carbonyl (C=O) groups excluding carboxylic acids is 2. The summed E-state index contributed by atoms with van der Waals surface area (Å²) >= 11 is 0. The zero-order valence-electron chi connectivity index (χ0n) is 11.6. The van der Waals surface area contributed by atoms with E-state index in [1.165, 1.54) is 4.90 Å². The lowest BCUT2D eigenvalue weighted by Crippen LogP contribution is -2.53. The minimum absolute atomic E-state index is 0.0999. The van der Waals surface area contributed by atoms with Gasteiger partial charge in [-0.2, -0.15) is 5.26 Å². The number of hydrogen-bond donors (Lipinski definition) is 2. The Morgan fingerprint density at radius 2 is 2.21 bits per heavy atom. The summed E-state index contributed by atoms with van der Waals surface area (Å²) in [7, 11) is 0. The van der Waals surface area contributed by atoms with Gasteiger partial charge < -0.3 is 16.0 Å². The summed E-state index contributed by atoms with van der Waals surface area (Å²) in [6, 6.07) is 0.961. The van der Waals surface area contributed by atoms with E-state index in [1.54, 1.807) is 0 Å². The van der Waals surface area contributed by atoms with Crippen LogP contribution in [0, 0.1) is 17.2 Å². The van der Waals surface area contributed by atoms with Crippen LogP contribution in [0.2, 0.25) is 0 Å². The number of hydrogen-bond acceptors (Lipinski definition) is 4. The average molecular weight is 266 g/mol.